The Hall–Kier alpha value is -1.52. The van der Waals surface area contributed by atoms with Crippen LogP contribution >= 0.6 is 11.6 Å². The summed E-state index contributed by atoms with van der Waals surface area (Å²) in [5, 5.41) is 6.30. The van der Waals surface area contributed by atoms with E-state index in [2.05, 4.69) is 17.2 Å². The number of hydrogen-bond acceptors (Lipinski definition) is 3. The summed E-state index contributed by atoms with van der Waals surface area (Å²) in [4.78, 5) is 11.7. The summed E-state index contributed by atoms with van der Waals surface area (Å²) in [6.45, 7) is 6.24. The maximum atomic E-state index is 11.7. The van der Waals surface area contributed by atoms with Gasteiger partial charge in [-0.3, -0.25) is 4.79 Å². The molecule has 0 unspecified atom stereocenters. The molecule has 0 atom stereocenters. The van der Waals surface area contributed by atoms with Gasteiger partial charge in [0.1, 0.15) is 5.75 Å². The molecule has 5 heteroatoms. The zero-order valence-electron chi connectivity index (χ0n) is 10.5. The highest BCUT2D eigenvalue weighted by Gasteiger charge is 2.09. The Morgan fingerprint density at radius 2 is 2.28 bits per heavy atom. The van der Waals surface area contributed by atoms with Crippen LogP contribution in [-0.4, -0.2) is 26.1 Å². The van der Waals surface area contributed by atoms with E-state index < -0.39 is 0 Å². The van der Waals surface area contributed by atoms with Crippen LogP contribution < -0.4 is 15.4 Å². The second-order valence-electron chi connectivity index (χ2n) is 3.77. The molecule has 18 heavy (non-hydrogen) atoms. The van der Waals surface area contributed by atoms with Crippen molar-refractivity contribution in [1.29, 1.82) is 0 Å². The average molecular weight is 269 g/mol. The first kappa shape index (κ1) is 14.5. The number of carbonyl (C=O) groups is 1. The smallest absolute Gasteiger partial charge is 0.238 e. The minimum atomic E-state index is -0.142. The van der Waals surface area contributed by atoms with Gasteiger partial charge >= 0.3 is 0 Å². The molecular weight excluding hydrogens is 252 g/mol. The Labute approximate surface area is 112 Å². The highest BCUT2D eigenvalue weighted by Crippen LogP contribution is 2.30. The van der Waals surface area contributed by atoms with E-state index >= 15 is 0 Å². The Bertz CT molecular complexity index is 447. The molecule has 0 aromatic heterocycles. The van der Waals surface area contributed by atoms with E-state index in [4.69, 9.17) is 16.3 Å². The molecule has 0 aliphatic heterocycles. The monoisotopic (exact) mass is 268 g/mol. The summed E-state index contributed by atoms with van der Waals surface area (Å²) in [6, 6.07) is 3.47. The molecule has 2 N–H and O–H groups in total. The lowest BCUT2D eigenvalue weighted by Gasteiger charge is -2.12. The second kappa shape index (κ2) is 7.03. The predicted molar refractivity (Wildman–Crippen MR) is 74.4 cm³/mol. The number of carbonyl (C=O) groups excluding carboxylic acids is 1. The highest BCUT2D eigenvalue weighted by molar-refractivity contribution is 6.31. The number of anilines is 1. The third kappa shape index (κ3) is 4.05. The van der Waals surface area contributed by atoms with Crippen molar-refractivity contribution >= 4 is 23.2 Å². The van der Waals surface area contributed by atoms with E-state index in [9.17, 15) is 4.79 Å². The van der Waals surface area contributed by atoms with E-state index in [0.29, 0.717) is 23.0 Å². The minimum absolute atomic E-state index is 0.142. The fraction of sp³-hybridized carbons (Fsp3) is 0.308. The highest BCUT2D eigenvalue weighted by atomic mass is 35.5. The number of ether oxygens (including phenoxy) is 1. The van der Waals surface area contributed by atoms with Crippen molar-refractivity contribution in [2.75, 3.05) is 25.5 Å². The van der Waals surface area contributed by atoms with Crippen molar-refractivity contribution in [3.63, 3.8) is 0 Å². The molecule has 1 rings (SSSR count). The van der Waals surface area contributed by atoms with Gasteiger partial charge in [0.2, 0.25) is 5.91 Å². The molecule has 1 aromatic carbocycles. The largest absolute Gasteiger partial charge is 0.495 e. The lowest BCUT2D eigenvalue weighted by Crippen LogP contribution is -2.28. The molecule has 0 radical (unpaired) electrons. The lowest BCUT2D eigenvalue weighted by atomic mass is 10.2. The Morgan fingerprint density at radius 3 is 2.89 bits per heavy atom. The minimum Gasteiger partial charge on any atom is -0.495 e. The van der Waals surface area contributed by atoms with Gasteiger partial charge in [-0.25, -0.2) is 0 Å². The van der Waals surface area contributed by atoms with Gasteiger partial charge in [-0.05, 0) is 18.6 Å². The van der Waals surface area contributed by atoms with Crippen LogP contribution in [0.15, 0.2) is 24.8 Å². The van der Waals surface area contributed by atoms with E-state index in [1.165, 1.54) is 7.11 Å². The molecule has 0 saturated heterocycles. The van der Waals surface area contributed by atoms with Gasteiger partial charge in [-0.1, -0.05) is 17.7 Å². The molecule has 1 aromatic rings. The van der Waals surface area contributed by atoms with Gasteiger partial charge in [-0.15, -0.1) is 6.58 Å². The molecule has 0 heterocycles. The van der Waals surface area contributed by atoms with Crippen LogP contribution in [0.25, 0.3) is 0 Å². The Morgan fingerprint density at radius 1 is 1.56 bits per heavy atom. The molecule has 4 nitrogen and oxygen atoms in total. The summed E-state index contributed by atoms with van der Waals surface area (Å²) in [6.07, 6.45) is 1.69. The zero-order valence-corrected chi connectivity index (χ0v) is 11.3. The van der Waals surface area contributed by atoms with Gasteiger partial charge in [0, 0.05) is 17.6 Å². The number of rotatable bonds is 6. The van der Waals surface area contributed by atoms with Crippen LogP contribution in [0.5, 0.6) is 5.75 Å². The van der Waals surface area contributed by atoms with Crippen LogP contribution in [-0.2, 0) is 4.79 Å². The van der Waals surface area contributed by atoms with Crippen LogP contribution in [0.1, 0.15) is 5.56 Å². The van der Waals surface area contributed by atoms with Gasteiger partial charge < -0.3 is 15.4 Å². The topological polar surface area (TPSA) is 50.4 Å². The number of hydrogen-bond donors (Lipinski definition) is 2. The first-order chi connectivity index (χ1) is 8.58. The second-order valence-corrected chi connectivity index (χ2v) is 4.18. The number of halogens is 1. The molecule has 0 aliphatic carbocycles. The van der Waals surface area contributed by atoms with Crippen molar-refractivity contribution < 1.29 is 9.53 Å². The number of aryl methyl sites for hydroxylation is 1. The van der Waals surface area contributed by atoms with Crippen molar-refractivity contribution in [2.45, 2.75) is 6.92 Å². The fourth-order valence-electron chi connectivity index (χ4n) is 1.41. The van der Waals surface area contributed by atoms with Crippen molar-refractivity contribution in [3.8, 4) is 5.75 Å². The van der Waals surface area contributed by atoms with Gasteiger partial charge in [0.05, 0.1) is 19.3 Å². The zero-order chi connectivity index (χ0) is 13.5. The van der Waals surface area contributed by atoms with Crippen molar-refractivity contribution in [1.82, 2.24) is 5.32 Å². The molecule has 0 fully saturated rings. The van der Waals surface area contributed by atoms with Crippen molar-refractivity contribution in [2.24, 2.45) is 0 Å². The van der Waals surface area contributed by atoms with Crippen molar-refractivity contribution in [3.05, 3.63) is 35.4 Å². The molecular formula is C13H17ClN2O2. The van der Waals surface area contributed by atoms with Crippen LogP contribution in [0.2, 0.25) is 5.02 Å². The molecule has 0 bridgehead atoms. The summed E-state index contributed by atoms with van der Waals surface area (Å²) in [7, 11) is 1.53. The number of benzene rings is 1. The first-order valence-corrected chi connectivity index (χ1v) is 5.92. The standard InChI is InChI=1S/C13H17ClN2O2/c1-4-5-15-8-13(17)16-11-6-9(2)10(14)7-12(11)18-3/h4,6-7,15H,1,5,8H2,2-3H3,(H,16,17). The molecule has 0 saturated carbocycles. The summed E-state index contributed by atoms with van der Waals surface area (Å²) in [5.41, 5.74) is 1.50. The maximum Gasteiger partial charge on any atom is 0.238 e. The number of nitrogens with one attached hydrogen (secondary N) is 2. The molecule has 1 amide bonds. The van der Waals surface area contributed by atoms with Crippen LogP contribution in [0.3, 0.4) is 0 Å². The molecule has 0 spiro atoms. The number of amides is 1. The fourth-order valence-corrected chi connectivity index (χ4v) is 1.57. The maximum absolute atomic E-state index is 11.7. The van der Waals surface area contributed by atoms with E-state index in [0.717, 1.165) is 5.56 Å². The predicted octanol–water partition coefficient (Wildman–Crippen LogP) is 2.37. The summed E-state index contributed by atoms with van der Waals surface area (Å²) in [5.74, 6) is 0.402. The lowest BCUT2D eigenvalue weighted by molar-refractivity contribution is -0.115. The van der Waals surface area contributed by atoms with E-state index in [1.807, 2.05) is 6.92 Å². The summed E-state index contributed by atoms with van der Waals surface area (Å²) < 4.78 is 5.17. The van der Waals surface area contributed by atoms with Crippen LogP contribution in [0.4, 0.5) is 5.69 Å². The third-order valence-electron chi connectivity index (χ3n) is 2.33. The Balaban J connectivity index is 2.74. The SMILES string of the molecule is C=CCNCC(=O)Nc1cc(C)c(Cl)cc1OC. The van der Waals surface area contributed by atoms with Gasteiger partial charge in [0.15, 0.2) is 0 Å². The average Bonchev–Trinajstić information content (AvgIpc) is 2.34. The molecule has 0 aliphatic rings. The first-order valence-electron chi connectivity index (χ1n) is 5.54. The van der Waals surface area contributed by atoms with Gasteiger partial charge in [-0.2, -0.15) is 0 Å². The normalized spacial score (nSPS) is 9.94. The van der Waals surface area contributed by atoms with E-state index in [1.54, 1.807) is 18.2 Å². The Kier molecular flexibility index (Phi) is 5.68. The van der Waals surface area contributed by atoms with Gasteiger partial charge in [0.25, 0.3) is 0 Å². The third-order valence-corrected chi connectivity index (χ3v) is 2.74. The number of methoxy groups -OCH3 is 1. The molecule has 98 valence electrons. The van der Waals surface area contributed by atoms with E-state index in [-0.39, 0.29) is 12.5 Å². The summed E-state index contributed by atoms with van der Waals surface area (Å²) >= 11 is 5.99. The quantitative estimate of drug-likeness (QED) is 0.615. The van der Waals surface area contributed by atoms with Crippen LogP contribution in [0, 0.1) is 6.92 Å².